The summed E-state index contributed by atoms with van der Waals surface area (Å²) in [6, 6.07) is 0. The van der Waals surface area contributed by atoms with Gasteiger partial charge in [-0.05, 0) is 5.92 Å². The molecular formula is C13H32. The Balaban J connectivity index is -0.000000125. The van der Waals surface area contributed by atoms with Crippen LogP contribution >= 0.6 is 0 Å². The van der Waals surface area contributed by atoms with E-state index < -0.39 is 0 Å². The highest BCUT2D eigenvalue weighted by Gasteiger charge is 1.88. The minimum Gasteiger partial charge on any atom is -0.0656 e. The third-order valence-corrected chi connectivity index (χ3v) is 1.89. The molecule has 0 radical (unpaired) electrons. The van der Waals surface area contributed by atoms with E-state index in [0.717, 1.165) is 5.92 Å². The summed E-state index contributed by atoms with van der Waals surface area (Å²) in [7, 11) is 0. The smallest absolute Gasteiger partial charge is 0.0448 e. The van der Waals surface area contributed by atoms with Crippen molar-refractivity contribution in [1.82, 2.24) is 0 Å². The fourth-order valence-electron chi connectivity index (χ4n) is 0.289. The predicted molar refractivity (Wildman–Crippen MR) is 66.3 cm³/mol. The van der Waals surface area contributed by atoms with E-state index in [1.54, 1.807) is 0 Å². The normalized spacial score (nSPS) is 8.31. The minimum atomic E-state index is 0.935. The van der Waals surface area contributed by atoms with Crippen molar-refractivity contribution in [2.45, 2.75) is 80.6 Å². The number of hydrogen-bond acceptors (Lipinski definition) is 0. The van der Waals surface area contributed by atoms with Gasteiger partial charge in [-0.2, -0.15) is 0 Å². The van der Waals surface area contributed by atoms with Crippen molar-refractivity contribution >= 4 is 0 Å². The zero-order valence-corrected chi connectivity index (χ0v) is 11.1. The average Bonchev–Trinajstić information content (AvgIpc) is 2.18. The van der Waals surface area contributed by atoms with Gasteiger partial charge in [-0.15, -0.1) is 0 Å². The van der Waals surface area contributed by atoms with Gasteiger partial charge >= 0.3 is 0 Å². The van der Waals surface area contributed by atoms with E-state index in [2.05, 4.69) is 48.5 Å². The van der Waals surface area contributed by atoms with Crippen molar-refractivity contribution in [3.05, 3.63) is 0 Å². The first kappa shape index (κ1) is 18.7. The molecule has 0 saturated carbocycles. The number of unbranched alkanes of at least 4 members (excludes halogenated alkanes) is 1. The van der Waals surface area contributed by atoms with Gasteiger partial charge in [-0.25, -0.2) is 0 Å². The maximum Gasteiger partial charge on any atom is -0.0448 e. The van der Waals surface area contributed by atoms with Crippen LogP contribution in [0.4, 0.5) is 0 Å². The van der Waals surface area contributed by atoms with Crippen molar-refractivity contribution in [2.75, 3.05) is 0 Å². The van der Waals surface area contributed by atoms with Crippen molar-refractivity contribution in [3.8, 4) is 0 Å². The van der Waals surface area contributed by atoms with Crippen LogP contribution in [0.5, 0.6) is 0 Å². The summed E-state index contributed by atoms with van der Waals surface area (Å²) in [5.74, 6) is 0.935. The van der Waals surface area contributed by atoms with Gasteiger partial charge < -0.3 is 0 Å². The zero-order valence-electron chi connectivity index (χ0n) is 11.1. The molecule has 0 aliphatic rings. The molecule has 0 fully saturated rings. The molecular weight excluding hydrogens is 156 g/mol. The second-order valence-electron chi connectivity index (χ2n) is 3.63. The van der Waals surface area contributed by atoms with E-state index in [4.69, 9.17) is 0 Å². The molecule has 0 heteroatoms. The maximum atomic E-state index is 2.28. The molecule has 0 spiro atoms. The molecule has 0 aromatic carbocycles. The van der Waals surface area contributed by atoms with Crippen LogP contribution in [0.3, 0.4) is 0 Å². The average molecular weight is 188 g/mol. The Kier molecular flexibility index (Phi) is 32.7. The first-order chi connectivity index (χ1) is 6.14. The molecule has 84 valence electrons. The second kappa shape index (κ2) is 22.7. The van der Waals surface area contributed by atoms with Gasteiger partial charge in [0.2, 0.25) is 0 Å². The molecule has 0 amide bonds. The van der Waals surface area contributed by atoms with E-state index in [9.17, 15) is 0 Å². The van der Waals surface area contributed by atoms with Crippen LogP contribution in [0.15, 0.2) is 0 Å². The van der Waals surface area contributed by atoms with Crippen LogP contribution in [0, 0.1) is 5.92 Å². The molecule has 0 aliphatic carbocycles. The van der Waals surface area contributed by atoms with E-state index >= 15 is 0 Å². The summed E-state index contributed by atoms with van der Waals surface area (Å²) < 4.78 is 0. The van der Waals surface area contributed by atoms with Gasteiger partial charge in [-0.1, -0.05) is 80.6 Å². The fourth-order valence-corrected chi connectivity index (χ4v) is 0.289. The Morgan fingerprint density at radius 2 is 0.923 bits per heavy atom. The van der Waals surface area contributed by atoms with Gasteiger partial charge in [0.25, 0.3) is 0 Å². The lowest BCUT2D eigenvalue weighted by atomic mass is 10.1. The first-order valence-corrected chi connectivity index (χ1v) is 6.14. The number of hydrogen-bond donors (Lipinski definition) is 0. The van der Waals surface area contributed by atoms with E-state index in [-0.39, 0.29) is 0 Å². The molecule has 0 atom stereocenters. The Morgan fingerprint density at radius 3 is 0.923 bits per heavy atom. The second-order valence-corrected chi connectivity index (χ2v) is 3.63. The van der Waals surface area contributed by atoms with E-state index in [1.165, 1.54) is 32.1 Å². The Morgan fingerprint density at radius 1 is 0.692 bits per heavy atom. The van der Waals surface area contributed by atoms with Crippen LogP contribution in [0.1, 0.15) is 80.6 Å². The standard InChI is InChI=1S/C6H14.C4H10.C3H8/c1-4-6(3)5-2;1-3-4-2;1-3-2/h6H,4-5H2,1-3H3;3-4H2,1-2H3;3H2,1-2H3. The Labute approximate surface area is 87.1 Å². The van der Waals surface area contributed by atoms with Crippen molar-refractivity contribution in [2.24, 2.45) is 5.92 Å². The molecule has 0 bridgehead atoms. The summed E-state index contributed by atoms with van der Waals surface area (Å²) in [5.41, 5.74) is 0. The molecule has 0 unspecified atom stereocenters. The highest BCUT2D eigenvalue weighted by Crippen LogP contribution is 2.02. The highest BCUT2D eigenvalue weighted by molar-refractivity contribution is 4.41. The maximum absolute atomic E-state index is 2.28. The topological polar surface area (TPSA) is 0 Å². The van der Waals surface area contributed by atoms with Gasteiger partial charge in [0.15, 0.2) is 0 Å². The highest BCUT2D eigenvalue weighted by atomic mass is 13.9. The summed E-state index contributed by atoms with van der Waals surface area (Å²) in [6.07, 6.45) is 6.55. The van der Waals surface area contributed by atoms with Gasteiger partial charge in [0, 0.05) is 0 Å². The minimum absolute atomic E-state index is 0.935. The van der Waals surface area contributed by atoms with Crippen molar-refractivity contribution in [1.29, 1.82) is 0 Å². The SMILES string of the molecule is CCC.CCC(C)CC.CCCC. The molecule has 0 heterocycles. The van der Waals surface area contributed by atoms with Crippen LogP contribution in [-0.4, -0.2) is 0 Å². The van der Waals surface area contributed by atoms with Crippen molar-refractivity contribution < 1.29 is 0 Å². The third-order valence-electron chi connectivity index (χ3n) is 1.89. The van der Waals surface area contributed by atoms with Crippen LogP contribution < -0.4 is 0 Å². The largest absolute Gasteiger partial charge is 0.0656 e. The molecule has 13 heavy (non-hydrogen) atoms. The molecule has 0 rings (SSSR count). The van der Waals surface area contributed by atoms with Crippen LogP contribution in [0.2, 0.25) is 0 Å². The summed E-state index contributed by atoms with van der Waals surface area (Å²) in [6.45, 7) is 15.3. The fraction of sp³-hybridized carbons (Fsp3) is 1.00. The van der Waals surface area contributed by atoms with Crippen LogP contribution in [-0.2, 0) is 0 Å². The summed E-state index contributed by atoms with van der Waals surface area (Å²) >= 11 is 0. The zero-order chi connectivity index (χ0) is 11.1. The first-order valence-electron chi connectivity index (χ1n) is 6.14. The predicted octanol–water partition coefficient (Wildman–Crippen LogP) is 5.67. The van der Waals surface area contributed by atoms with Crippen LogP contribution in [0.25, 0.3) is 0 Å². The van der Waals surface area contributed by atoms with Gasteiger partial charge in [0.05, 0.1) is 0 Å². The molecule has 0 nitrogen and oxygen atoms in total. The van der Waals surface area contributed by atoms with Crippen molar-refractivity contribution in [3.63, 3.8) is 0 Å². The quantitative estimate of drug-likeness (QED) is 0.535. The van der Waals surface area contributed by atoms with Gasteiger partial charge in [-0.3, -0.25) is 0 Å². The summed E-state index contributed by atoms with van der Waals surface area (Å²) in [5, 5.41) is 0. The monoisotopic (exact) mass is 188 g/mol. The summed E-state index contributed by atoms with van der Waals surface area (Å²) in [4.78, 5) is 0. The third kappa shape index (κ3) is 48.0. The molecule has 0 saturated heterocycles. The Bertz CT molecular complexity index is 42.0. The lowest BCUT2D eigenvalue weighted by Crippen LogP contribution is -1.85. The molecule has 0 N–H and O–H groups in total. The Hall–Kier alpha value is 0. The lowest BCUT2D eigenvalue weighted by Gasteiger charge is -1.98. The molecule has 0 aromatic rings. The van der Waals surface area contributed by atoms with E-state index in [1.807, 2.05) is 0 Å². The number of rotatable bonds is 3. The van der Waals surface area contributed by atoms with Gasteiger partial charge in [0.1, 0.15) is 0 Å². The molecule has 0 aliphatic heterocycles. The van der Waals surface area contributed by atoms with E-state index in [0.29, 0.717) is 0 Å². The molecule has 0 aromatic heterocycles. The lowest BCUT2D eigenvalue weighted by molar-refractivity contribution is 0.544.